The van der Waals surface area contributed by atoms with Gasteiger partial charge in [-0.3, -0.25) is 4.68 Å². The highest BCUT2D eigenvalue weighted by Gasteiger charge is 2.28. The molecule has 3 heterocycles. The first-order valence-electron chi connectivity index (χ1n) is 13.8. The predicted molar refractivity (Wildman–Crippen MR) is 157 cm³/mol. The second kappa shape index (κ2) is 11.7. The van der Waals surface area contributed by atoms with Crippen LogP contribution in [-0.2, 0) is 20.3 Å². The van der Waals surface area contributed by atoms with Gasteiger partial charge >= 0.3 is 6.09 Å². The molecule has 208 valence electrons. The number of ether oxygens (including phenoxy) is 2. The lowest BCUT2D eigenvalue weighted by Gasteiger charge is -2.31. The van der Waals surface area contributed by atoms with Gasteiger partial charge in [-0.15, -0.1) is 0 Å². The van der Waals surface area contributed by atoms with Crippen molar-refractivity contribution in [1.82, 2.24) is 19.7 Å². The third-order valence-corrected chi connectivity index (χ3v) is 7.57. The molecule has 0 bridgehead atoms. The second-order valence-corrected chi connectivity index (χ2v) is 10.3. The van der Waals surface area contributed by atoms with E-state index in [1.165, 1.54) is 4.90 Å². The van der Waals surface area contributed by atoms with Gasteiger partial charge in [0.15, 0.2) is 0 Å². The molecule has 0 aliphatic carbocycles. The molecule has 1 amide bonds. The zero-order chi connectivity index (χ0) is 28.2. The van der Waals surface area contributed by atoms with Crippen LogP contribution in [0.3, 0.4) is 0 Å². The summed E-state index contributed by atoms with van der Waals surface area (Å²) in [6.45, 7) is 1.81. The molecule has 0 saturated carbocycles. The molecule has 1 atom stereocenters. The van der Waals surface area contributed by atoms with Crippen molar-refractivity contribution in [1.29, 1.82) is 0 Å². The highest BCUT2D eigenvalue weighted by atomic mass is 16.5. The highest BCUT2D eigenvalue weighted by molar-refractivity contribution is 5.96. The van der Waals surface area contributed by atoms with Crippen LogP contribution in [0.2, 0.25) is 0 Å². The van der Waals surface area contributed by atoms with Gasteiger partial charge in [-0.25, -0.2) is 4.79 Å². The Morgan fingerprint density at radius 1 is 0.902 bits per heavy atom. The quantitative estimate of drug-likeness (QED) is 0.234. The van der Waals surface area contributed by atoms with Gasteiger partial charge in [-0.2, -0.15) is 10.1 Å². The van der Waals surface area contributed by atoms with E-state index in [-0.39, 0.29) is 5.92 Å². The number of nitrogens with zero attached hydrogens (tertiary/aromatic N) is 4. The summed E-state index contributed by atoms with van der Waals surface area (Å²) >= 11 is 0. The first-order chi connectivity index (χ1) is 20.1. The zero-order valence-electron chi connectivity index (χ0n) is 22.9. The number of pyridine rings is 1. The first-order valence-corrected chi connectivity index (χ1v) is 13.8. The van der Waals surface area contributed by atoms with Crippen LogP contribution in [0.25, 0.3) is 22.2 Å². The molecule has 1 saturated heterocycles. The Morgan fingerprint density at radius 2 is 1.61 bits per heavy atom. The third-order valence-electron chi connectivity index (χ3n) is 7.57. The number of fused-ring (bicyclic) bond motifs is 1. The molecule has 5 aromatic rings. The van der Waals surface area contributed by atoms with Gasteiger partial charge in [0.1, 0.15) is 18.9 Å². The van der Waals surface area contributed by atoms with Crippen LogP contribution in [0.5, 0.6) is 11.8 Å². The lowest BCUT2D eigenvalue weighted by molar-refractivity contribution is 0.130. The molecule has 8 nitrogen and oxygen atoms in total. The van der Waals surface area contributed by atoms with E-state index in [9.17, 15) is 9.90 Å². The van der Waals surface area contributed by atoms with Gasteiger partial charge in [0.25, 0.3) is 0 Å². The van der Waals surface area contributed by atoms with E-state index in [4.69, 9.17) is 19.6 Å². The van der Waals surface area contributed by atoms with E-state index >= 15 is 0 Å². The molecule has 3 aromatic carbocycles. The number of para-hydroxylation sites is 1. The lowest BCUT2D eigenvalue weighted by Crippen LogP contribution is -2.38. The molecular formula is C33H32N4O4. The van der Waals surface area contributed by atoms with Gasteiger partial charge in [0.05, 0.1) is 11.1 Å². The van der Waals surface area contributed by atoms with Crippen LogP contribution in [0.4, 0.5) is 4.79 Å². The van der Waals surface area contributed by atoms with E-state index < -0.39 is 6.09 Å². The zero-order valence-corrected chi connectivity index (χ0v) is 22.9. The number of piperidine rings is 1. The summed E-state index contributed by atoms with van der Waals surface area (Å²) < 4.78 is 14.2. The topological polar surface area (TPSA) is 89.7 Å². The fourth-order valence-corrected chi connectivity index (χ4v) is 5.55. The Hall–Kier alpha value is -4.85. The highest BCUT2D eigenvalue weighted by Crippen LogP contribution is 2.39. The normalized spacial score (nSPS) is 15.1. The summed E-state index contributed by atoms with van der Waals surface area (Å²) in [5, 5.41) is 15.5. The summed E-state index contributed by atoms with van der Waals surface area (Å²) in [7, 11) is 1.93. The lowest BCUT2D eigenvalue weighted by atomic mass is 9.89. The number of amides is 1. The maximum atomic E-state index is 11.7. The summed E-state index contributed by atoms with van der Waals surface area (Å²) in [5.74, 6) is 1.02. The van der Waals surface area contributed by atoms with Crippen LogP contribution in [0.1, 0.15) is 35.4 Å². The number of carboxylic acid groups (broad SMARTS) is 1. The summed E-state index contributed by atoms with van der Waals surface area (Å²) in [6.07, 6.45) is 0.904. The number of hydrogen-bond acceptors (Lipinski definition) is 5. The summed E-state index contributed by atoms with van der Waals surface area (Å²) in [5.41, 5.74) is 5.73. The summed E-state index contributed by atoms with van der Waals surface area (Å²) in [6, 6.07) is 29.9. The van der Waals surface area contributed by atoms with E-state index in [0.717, 1.165) is 51.7 Å². The number of likely N-dealkylation sites (tertiary alicyclic amines) is 1. The van der Waals surface area contributed by atoms with E-state index in [1.807, 2.05) is 90.6 Å². The Kier molecular flexibility index (Phi) is 7.54. The van der Waals surface area contributed by atoms with Crippen LogP contribution >= 0.6 is 0 Å². The largest absolute Gasteiger partial charge is 0.473 e. The molecule has 0 radical (unpaired) electrons. The standard InChI is InChI=1S/C33H32N4O4/c1-36-31-26(25-14-9-19-37(20-25)33(38)39)15-8-16-27(31)30(35-36)28-17-18-29(40-21-23-10-4-2-5-11-23)34-32(28)41-22-24-12-6-3-7-13-24/h2-8,10-13,15-18,25H,9,14,19-22H2,1H3,(H,38,39)/t25-/m0/s1. The van der Waals surface area contributed by atoms with Crippen molar-refractivity contribution in [3.63, 3.8) is 0 Å². The van der Waals surface area contributed by atoms with Gasteiger partial charge in [-0.05, 0) is 35.6 Å². The number of hydrogen-bond donors (Lipinski definition) is 1. The number of rotatable bonds is 8. The van der Waals surface area contributed by atoms with Crippen LogP contribution < -0.4 is 9.47 Å². The monoisotopic (exact) mass is 548 g/mol. The summed E-state index contributed by atoms with van der Waals surface area (Å²) in [4.78, 5) is 18.0. The van der Waals surface area contributed by atoms with Crippen molar-refractivity contribution < 1.29 is 19.4 Å². The predicted octanol–water partition coefficient (Wildman–Crippen LogP) is 6.65. The van der Waals surface area contributed by atoms with Gasteiger partial charge in [0, 0.05) is 37.5 Å². The Morgan fingerprint density at radius 3 is 2.32 bits per heavy atom. The molecule has 1 fully saturated rings. The van der Waals surface area contributed by atoms with Crippen LogP contribution in [-0.4, -0.2) is 44.0 Å². The van der Waals surface area contributed by atoms with E-state index in [2.05, 4.69) is 12.1 Å². The van der Waals surface area contributed by atoms with Gasteiger partial charge in [-0.1, -0.05) is 78.9 Å². The maximum Gasteiger partial charge on any atom is 0.407 e. The van der Waals surface area contributed by atoms with Crippen molar-refractivity contribution in [3.8, 4) is 23.0 Å². The minimum atomic E-state index is -0.867. The molecular weight excluding hydrogens is 516 g/mol. The molecule has 41 heavy (non-hydrogen) atoms. The van der Waals surface area contributed by atoms with Gasteiger partial charge in [0.2, 0.25) is 11.8 Å². The molecule has 0 unspecified atom stereocenters. The smallest absolute Gasteiger partial charge is 0.407 e. The molecule has 6 rings (SSSR count). The molecule has 1 aliphatic rings. The SMILES string of the molecule is Cn1nc(-c2ccc(OCc3ccccc3)nc2OCc2ccccc2)c2cccc([C@H]3CCCN(C(=O)O)C3)c21. The van der Waals surface area contributed by atoms with Crippen LogP contribution in [0, 0.1) is 0 Å². The molecule has 1 aliphatic heterocycles. The van der Waals surface area contributed by atoms with Crippen molar-refractivity contribution in [2.24, 2.45) is 7.05 Å². The molecule has 2 aromatic heterocycles. The Labute approximate surface area is 238 Å². The number of aromatic nitrogens is 3. The minimum Gasteiger partial charge on any atom is -0.473 e. The Balaban J connectivity index is 1.36. The second-order valence-electron chi connectivity index (χ2n) is 10.3. The number of carbonyl (C=O) groups is 1. The van der Waals surface area contributed by atoms with Crippen molar-refractivity contribution in [3.05, 3.63) is 108 Å². The molecule has 1 N–H and O–H groups in total. The number of benzene rings is 3. The number of aryl methyl sites for hydroxylation is 1. The molecule has 8 heteroatoms. The maximum absolute atomic E-state index is 11.7. The third kappa shape index (κ3) is 5.72. The average molecular weight is 549 g/mol. The fraction of sp³-hybridized carbons (Fsp3) is 0.242. The van der Waals surface area contributed by atoms with Crippen molar-refractivity contribution in [2.75, 3.05) is 13.1 Å². The van der Waals surface area contributed by atoms with Crippen molar-refractivity contribution >= 4 is 17.0 Å². The Bertz CT molecular complexity index is 1650. The van der Waals surface area contributed by atoms with Crippen LogP contribution in [0.15, 0.2) is 91.0 Å². The minimum absolute atomic E-state index is 0.104. The van der Waals surface area contributed by atoms with Crippen molar-refractivity contribution in [2.45, 2.75) is 32.0 Å². The average Bonchev–Trinajstić information content (AvgIpc) is 3.36. The first kappa shape index (κ1) is 26.4. The van der Waals surface area contributed by atoms with Gasteiger partial charge < -0.3 is 19.5 Å². The molecule has 0 spiro atoms. The fourth-order valence-electron chi connectivity index (χ4n) is 5.55. The van der Waals surface area contributed by atoms with E-state index in [0.29, 0.717) is 38.1 Å². The van der Waals surface area contributed by atoms with E-state index in [1.54, 1.807) is 0 Å².